The smallest absolute Gasteiger partial charge is 0.271 e. The molecule has 1 saturated heterocycles. The SMILES string of the molecule is CN1CCC(C)(CNC(=O)c2cnc(N)cn2)CC1. The average molecular weight is 263 g/mol. The lowest BCUT2D eigenvalue weighted by Gasteiger charge is -2.37. The molecule has 1 aromatic rings. The molecule has 19 heavy (non-hydrogen) atoms. The largest absolute Gasteiger partial charge is 0.382 e. The summed E-state index contributed by atoms with van der Waals surface area (Å²) in [4.78, 5) is 22.1. The van der Waals surface area contributed by atoms with Gasteiger partial charge in [-0.15, -0.1) is 0 Å². The number of rotatable bonds is 3. The van der Waals surface area contributed by atoms with Gasteiger partial charge >= 0.3 is 0 Å². The number of hydrogen-bond acceptors (Lipinski definition) is 5. The molecular formula is C13H21N5O. The summed E-state index contributed by atoms with van der Waals surface area (Å²) in [5.74, 6) is 0.131. The van der Waals surface area contributed by atoms with E-state index >= 15 is 0 Å². The lowest BCUT2D eigenvalue weighted by molar-refractivity contribution is 0.0886. The highest BCUT2D eigenvalue weighted by atomic mass is 16.1. The molecule has 1 aliphatic heterocycles. The number of carbonyl (C=O) groups is 1. The third-order valence-electron chi connectivity index (χ3n) is 3.77. The van der Waals surface area contributed by atoms with E-state index in [-0.39, 0.29) is 11.3 Å². The Labute approximate surface area is 113 Å². The zero-order chi connectivity index (χ0) is 13.9. The average Bonchev–Trinajstić information content (AvgIpc) is 2.41. The molecule has 1 aromatic heterocycles. The van der Waals surface area contributed by atoms with Crippen molar-refractivity contribution in [2.24, 2.45) is 5.41 Å². The number of aromatic nitrogens is 2. The van der Waals surface area contributed by atoms with Crippen LogP contribution in [-0.4, -0.2) is 47.5 Å². The Morgan fingerprint density at radius 3 is 2.68 bits per heavy atom. The Kier molecular flexibility index (Phi) is 3.99. The van der Waals surface area contributed by atoms with Crippen LogP contribution in [0.25, 0.3) is 0 Å². The van der Waals surface area contributed by atoms with Crippen LogP contribution in [0.4, 0.5) is 5.82 Å². The van der Waals surface area contributed by atoms with E-state index in [1.807, 2.05) is 0 Å². The molecule has 0 bridgehead atoms. The highest BCUT2D eigenvalue weighted by Crippen LogP contribution is 2.29. The standard InChI is InChI=1S/C13H21N5O/c1-13(3-5-18(2)6-4-13)9-17-12(19)10-7-16-11(14)8-15-10/h7-8H,3-6,9H2,1-2H3,(H2,14,16)(H,17,19). The number of piperidine rings is 1. The van der Waals surface area contributed by atoms with Crippen LogP contribution < -0.4 is 11.1 Å². The molecule has 1 aliphatic rings. The third-order valence-corrected chi connectivity index (χ3v) is 3.77. The van der Waals surface area contributed by atoms with Gasteiger partial charge in [0.15, 0.2) is 0 Å². The van der Waals surface area contributed by atoms with Gasteiger partial charge in [0.2, 0.25) is 0 Å². The van der Waals surface area contributed by atoms with E-state index < -0.39 is 0 Å². The number of nitrogens with zero attached hydrogens (tertiary/aromatic N) is 3. The molecule has 2 heterocycles. The molecule has 0 spiro atoms. The van der Waals surface area contributed by atoms with Gasteiger partial charge < -0.3 is 16.0 Å². The fraction of sp³-hybridized carbons (Fsp3) is 0.615. The van der Waals surface area contributed by atoms with Crippen LogP contribution >= 0.6 is 0 Å². The van der Waals surface area contributed by atoms with E-state index in [1.54, 1.807) is 0 Å². The maximum atomic E-state index is 11.9. The highest BCUT2D eigenvalue weighted by Gasteiger charge is 2.29. The van der Waals surface area contributed by atoms with E-state index in [0.29, 0.717) is 18.1 Å². The molecule has 6 nitrogen and oxygen atoms in total. The van der Waals surface area contributed by atoms with Gasteiger partial charge in [-0.05, 0) is 38.4 Å². The van der Waals surface area contributed by atoms with Crippen LogP contribution in [0, 0.1) is 5.41 Å². The molecule has 0 saturated carbocycles. The predicted molar refractivity (Wildman–Crippen MR) is 73.6 cm³/mol. The van der Waals surface area contributed by atoms with Crippen LogP contribution in [0.15, 0.2) is 12.4 Å². The topological polar surface area (TPSA) is 84.1 Å². The van der Waals surface area contributed by atoms with Crippen molar-refractivity contribution in [3.05, 3.63) is 18.1 Å². The maximum Gasteiger partial charge on any atom is 0.271 e. The van der Waals surface area contributed by atoms with Crippen LogP contribution in [-0.2, 0) is 0 Å². The second-order valence-corrected chi connectivity index (χ2v) is 5.62. The number of likely N-dealkylation sites (tertiary alicyclic amines) is 1. The summed E-state index contributed by atoms with van der Waals surface area (Å²) in [6.45, 7) is 5.04. The zero-order valence-corrected chi connectivity index (χ0v) is 11.5. The summed E-state index contributed by atoms with van der Waals surface area (Å²) in [5, 5.41) is 2.94. The Morgan fingerprint density at radius 1 is 1.42 bits per heavy atom. The molecule has 0 atom stereocenters. The summed E-state index contributed by atoms with van der Waals surface area (Å²) in [6.07, 6.45) is 4.99. The summed E-state index contributed by atoms with van der Waals surface area (Å²) < 4.78 is 0. The fourth-order valence-corrected chi connectivity index (χ4v) is 2.17. The van der Waals surface area contributed by atoms with Crippen molar-refractivity contribution in [1.29, 1.82) is 0 Å². The van der Waals surface area contributed by atoms with Crippen LogP contribution in [0.3, 0.4) is 0 Å². The van der Waals surface area contributed by atoms with E-state index in [4.69, 9.17) is 5.73 Å². The number of amides is 1. The first-order valence-corrected chi connectivity index (χ1v) is 6.53. The minimum Gasteiger partial charge on any atom is -0.382 e. The first kappa shape index (κ1) is 13.7. The van der Waals surface area contributed by atoms with Gasteiger partial charge in [-0.3, -0.25) is 4.79 Å². The summed E-state index contributed by atoms with van der Waals surface area (Å²) in [7, 11) is 2.13. The molecule has 0 aliphatic carbocycles. The molecule has 6 heteroatoms. The van der Waals surface area contributed by atoms with Crippen molar-refractivity contribution in [3.63, 3.8) is 0 Å². The fourth-order valence-electron chi connectivity index (χ4n) is 2.17. The molecule has 0 aromatic carbocycles. The summed E-state index contributed by atoms with van der Waals surface area (Å²) in [5.41, 5.74) is 5.92. The van der Waals surface area contributed by atoms with Gasteiger partial charge in [0.05, 0.1) is 12.4 Å². The Bertz CT molecular complexity index is 437. The number of anilines is 1. The predicted octanol–water partition coefficient (Wildman–Crippen LogP) is 0.521. The number of hydrogen-bond donors (Lipinski definition) is 2. The van der Waals surface area contributed by atoms with E-state index in [1.165, 1.54) is 12.4 Å². The van der Waals surface area contributed by atoms with Crippen molar-refractivity contribution in [1.82, 2.24) is 20.2 Å². The normalized spacial score (nSPS) is 19.1. The Balaban J connectivity index is 1.88. The minimum absolute atomic E-state index is 0.170. The Hall–Kier alpha value is -1.69. The van der Waals surface area contributed by atoms with Gasteiger partial charge in [-0.25, -0.2) is 9.97 Å². The lowest BCUT2D eigenvalue weighted by atomic mass is 9.80. The van der Waals surface area contributed by atoms with E-state index in [2.05, 4.69) is 34.2 Å². The number of carbonyl (C=O) groups excluding carboxylic acids is 1. The minimum atomic E-state index is -0.187. The Morgan fingerprint density at radius 2 is 2.11 bits per heavy atom. The van der Waals surface area contributed by atoms with Crippen LogP contribution in [0.1, 0.15) is 30.3 Å². The molecule has 1 fully saturated rings. The van der Waals surface area contributed by atoms with Gasteiger partial charge in [-0.1, -0.05) is 6.92 Å². The first-order chi connectivity index (χ1) is 8.98. The van der Waals surface area contributed by atoms with Crippen molar-refractivity contribution < 1.29 is 4.79 Å². The van der Waals surface area contributed by atoms with E-state index in [9.17, 15) is 4.79 Å². The number of nitrogen functional groups attached to an aromatic ring is 1. The summed E-state index contributed by atoms with van der Waals surface area (Å²) >= 11 is 0. The molecule has 104 valence electrons. The van der Waals surface area contributed by atoms with Crippen molar-refractivity contribution in [2.45, 2.75) is 19.8 Å². The molecular weight excluding hydrogens is 242 g/mol. The van der Waals surface area contributed by atoms with Crippen molar-refractivity contribution in [2.75, 3.05) is 32.4 Å². The molecule has 1 amide bonds. The third kappa shape index (κ3) is 3.64. The highest BCUT2D eigenvalue weighted by molar-refractivity contribution is 5.92. The summed E-state index contributed by atoms with van der Waals surface area (Å²) in [6, 6.07) is 0. The number of nitrogens with one attached hydrogen (secondary N) is 1. The monoisotopic (exact) mass is 263 g/mol. The van der Waals surface area contributed by atoms with Crippen LogP contribution in [0.2, 0.25) is 0 Å². The molecule has 0 radical (unpaired) electrons. The molecule has 2 rings (SSSR count). The number of nitrogens with two attached hydrogens (primary N) is 1. The van der Waals surface area contributed by atoms with Gasteiger partial charge in [0.25, 0.3) is 5.91 Å². The lowest BCUT2D eigenvalue weighted by Crippen LogP contribution is -2.43. The van der Waals surface area contributed by atoms with Gasteiger partial charge in [0, 0.05) is 6.54 Å². The molecule has 0 unspecified atom stereocenters. The van der Waals surface area contributed by atoms with E-state index in [0.717, 1.165) is 25.9 Å². The zero-order valence-electron chi connectivity index (χ0n) is 11.5. The second kappa shape index (κ2) is 5.52. The van der Waals surface area contributed by atoms with Crippen LogP contribution in [0.5, 0.6) is 0 Å². The molecule has 3 N–H and O–H groups in total. The van der Waals surface area contributed by atoms with Crippen molar-refractivity contribution in [3.8, 4) is 0 Å². The van der Waals surface area contributed by atoms with Crippen molar-refractivity contribution >= 4 is 11.7 Å². The first-order valence-electron chi connectivity index (χ1n) is 6.53. The quantitative estimate of drug-likeness (QED) is 0.830. The maximum absolute atomic E-state index is 11.9. The van der Waals surface area contributed by atoms with Gasteiger partial charge in [0.1, 0.15) is 11.5 Å². The van der Waals surface area contributed by atoms with Gasteiger partial charge in [-0.2, -0.15) is 0 Å². The second-order valence-electron chi connectivity index (χ2n) is 5.62.